The predicted molar refractivity (Wildman–Crippen MR) is 134 cm³/mol. The monoisotopic (exact) mass is 487 g/mol. The second-order valence-corrected chi connectivity index (χ2v) is 8.96. The number of esters is 1. The van der Waals surface area contributed by atoms with E-state index < -0.39 is 5.91 Å². The highest BCUT2D eigenvalue weighted by atomic mass is 16.5. The van der Waals surface area contributed by atoms with E-state index in [0.29, 0.717) is 35.4 Å². The molecule has 1 saturated carbocycles. The summed E-state index contributed by atoms with van der Waals surface area (Å²) in [6, 6.07) is 16.6. The zero-order valence-electron chi connectivity index (χ0n) is 20.4. The van der Waals surface area contributed by atoms with E-state index in [2.05, 4.69) is 20.8 Å². The number of rotatable bonds is 8. The van der Waals surface area contributed by atoms with Gasteiger partial charge in [0.25, 0.3) is 0 Å². The van der Waals surface area contributed by atoms with Crippen LogP contribution in [0.1, 0.15) is 67.3 Å². The Morgan fingerprint density at radius 3 is 2.36 bits per heavy atom. The molecule has 0 saturated heterocycles. The quantitative estimate of drug-likeness (QED) is 0.403. The first-order chi connectivity index (χ1) is 17.5. The van der Waals surface area contributed by atoms with Crippen molar-refractivity contribution < 1.29 is 18.7 Å². The number of hydrogen-bond acceptors (Lipinski definition) is 8. The highest BCUT2D eigenvalue weighted by Crippen LogP contribution is 2.39. The minimum Gasteiger partial charge on any atom is -0.466 e. The van der Waals surface area contributed by atoms with Gasteiger partial charge in [-0.1, -0.05) is 24.2 Å². The number of nitriles is 1. The molecular formula is C27H29N5O4. The smallest absolute Gasteiger partial charge is 0.320 e. The lowest BCUT2D eigenvalue weighted by atomic mass is 9.74. The number of nitrogens with zero attached hydrogens (tertiary/aromatic N) is 3. The van der Waals surface area contributed by atoms with E-state index in [1.54, 1.807) is 24.3 Å². The van der Waals surface area contributed by atoms with Gasteiger partial charge in [-0.2, -0.15) is 5.26 Å². The molecule has 0 radical (unpaired) electrons. The molecule has 2 aromatic carbocycles. The fourth-order valence-electron chi connectivity index (χ4n) is 4.56. The summed E-state index contributed by atoms with van der Waals surface area (Å²) in [6.45, 7) is 4.23. The van der Waals surface area contributed by atoms with Crippen molar-refractivity contribution in [1.29, 1.82) is 5.26 Å². The van der Waals surface area contributed by atoms with Crippen molar-refractivity contribution in [2.24, 2.45) is 11.8 Å². The molecular weight excluding hydrogens is 458 g/mol. The van der Waals surface area contributed by atoms with Crippen LogP contribution in [0.25, 0.3) is 0 Å². The Balaban J connectivity index is 1.29. The van der Waals surface area contributed by atoms with E-state index in [1.165, 1.54) is 5.56 Å². The summed E-state index contributed by atoms with van der Waals surface area (Å²) < 4.78 is 10.6. The number of amides is 1. The fourth-order valence-corrected chi connectivity index (χ4v) is 4.56. The molecule has 1 aliphatic carbocycles. The number of aromatic nitrogens is 2. The number of benzene rings is 2. The van der Waals surface area contributed by atoms with Gasteiger partial charge in [-0.25, -0.2) is 0 Å². The summed E-state index contributed by atoms with van der Waals surface area (Å²) in [5, 5.41) is 22.2. The maximum atomic E-state index is 12.5. The van der Waals surface area contributed by atoms with Crippen LogP contribution in [0.15, 0.2) is 52.9 Å². The molecule has 4 rings (SSSR count). The molecule has 2 N–H and O–H groups in total. The summed E-state index contributed by atoms with van der Waals surface area (Å²) in [5.41, 5.74) is 3.05. The molecule has 0 bridgehead atoms. The van der Waals surface area contributed by atoms with Crippen molar-refractivity contribution >= 4 is 29.3 Å². The third-order valence-electron chi connectivity index (χ3n) is 6.66. The number of nitrogens with one attached hydrogen (secondary N) is 2. The number of ether oxygens (including phenoxy) is 1. The number of anilines is 3. The lowest BCUT2D eigenvalue weighted by Gasteiger charge is -2.31. The second kappa shape index (κ2) is 11.5. The van der Waals surface area contributed by atoms with Crippen molar-refractivity contribution in [3.8, 4) is 6.07 Å². The molecule has 9 nitrogen and oxygen atoms in total. The Morgan fingerprint density at radius 1 is 1.06 bits per heavy atom. The standard InChI is InChI=1S/C27H29N5O4/c1-3-35-26(34)17(2)19-6-8-20(9-7-19)21-10-14-22(15-11-21)29-24(33)25-31-32-27(36-25)30-23-12-4-18(16-28)5-13-23/h4-5,10-15,17,19-20H,3,6-9H2,1-2H3,(H,29,33)(H,30,32)/t17?,19-,20-. The molecule has 3 aromatic rings. The Hall–Kier alpha value is -4.19. The third kappa shape index (κ3) is 6.08. The average molecular weight is 488 g/mol. The van der Waals surface area contributed by atoms with E-state index in [-0.39, 0.29) is 23.8 Å². The molecule has 1 aromatic heterocycles. The zero-order chi connectivity index (χ0) is 25.5. The van der Waals surface area contributed by atoms with Crippen LogP contribution in [0.3, 0.4) is 0 Å². The summed E-state index contributed by atoms with van der Waals surface area (Å²) in [5.74, 6) is -0.0231. The van der Waals surface area contributed by atoms with Crippen molar-refractivity contribution in [3.63, 3.8) is 0 Å². The van der Waals surface area contributed by atoms with Crippen molar-refractivity contribution in [2.75, 3.05) is 17.2 Å². The SMILES string of the molecule is CCOC(=O)C(C)[C@H]1CC[C@H](c2ccc(NC(=O)c3nnc(Nc4ccc(C#N)cc4)o3)cc2)CC1. The van der Waals surface area contributed by atoms with Crippen LogP contribution in [0, 0.1) is 23.2 Å². The van der Waals surface area contributed by atoms with E-state index >= 15 is 0 Å². The van der Waals surface area contributed by atoms with Crippen molar-refractivity contribution in [2.45, 2.75) is 45.4 Å². The second-order valence-electron chi connectivity index (χ2n) is 8.96. The van der Waals surface area contributed by atoms with Crippen molar-refractivity contribution in [3.05, 3.63) is 65.5 Å². The number of carbonyl (C=O) groups excluding carboxylic acids is 2. The Kier molecular flexibility index (Phi) is 7.95. The van der Waals surface area contributed by atoms with Crippen molar-refractivity contribution in [1.82, 2.24) is 10.2 Å². The highest BCUT2D eigenvalue weighted by Gasteiger charge is 2.30. The van der Waals surface area contributed by atoms with Gasteiger partial charge in [0.15, 0.2) is 0 Å². The van der Waals surface area contributed by atoms with Crippen LogP contribution in [-0.2, 0) is 9.53 Å². The van der Waals surface area contributed by atoms with Gasteiger partial charge in [0.1, 0.15) is 0 Å². The van der Waals surface area contributed by atoms with Gasteiger partial charge in [0.05, 0.1) is 24.2 Å². The minimum atomic E-state index is -0.503. The van der Waals surface area contributed by atoms with Gasteiger partial charge in [0.2, 0.25) is 0 Å². The van der Waals surface area contributed by atoms with E-state index in [0.717, 1.165) is 25.7 Å². The van der Waals surface area contributed by atoms with Crippen LogP contribution >= 0.6 is 0 Å². The van der Waals surface area contributed by atoms with Crippen LogP contribution in [-0.4, -0.2) is 28.7 Å². The maximum Gasteiger partial charge on any atom is 0.320 e. The lowest BCUT2D eigenvalue weighted by molar-refractivity contribution is -0.149. The van der Waals surface area contributed by atoms with E-state index in [1.807, 2.05) is 44.2 Å². The average Bonchev–Trinajstić information content (AvgIpc) is 3.38. The minimum absolute atomic E-state index is 0.0620. The van der Waals surface area contributed by atoms with Gasteiger partial charge < -0.3 is 19.8 Å². The summed E-state index contributed by atoms with van der Waals surface area (Å²) >= 11 is 0. The molecule has 1 heterocycles. The maximum absolute atomic E-state index is 12.5. The van der Waals surface area contributed by atoms with Gasteiger partial charge in [-0.05, 0) is 86.4 Å². The molecule has 186 valence electrons. The molecule has 1 fully saturated rings. The van der Waals surface area contributed by atoms with Crippen LogP contribution < -0.4 is 10.6 Å². The molecule has 1 aliphatic rings. The first-order valence-electron chi connectivity index (χ1n) is 12.2. The molecule has 9 heteroatoms. The predicted octanol–water partition coefficient (Wildman–Crippen LogP) is 5.41. The first kappa shape index (κ1) is 24.9. The molecule has 1 amide bonds. The van der Waals surface area contributed by atoms with E-state index in [9.17, 15) is 9.59 Å². The highest BCUT2D eigenvalue weighted by molar-refractivity contribution is 6.00. The Bertz CT molecular complexity index is 1220. The summed E-state index contributed by atoms with van der Waals surface area (Å²) in [6.07, 6.45) is 4.05. The Morgan fingerprint density at radius 2 is 1.72 bits per heavy atom. The molecule has 1 atom stereocenters. The fraction of sp³-hybridized carbons (Fsp3) is 0.370. The third-order valence-corrected chi connectivity index (χ3v) is 6.66. The normalized spacial score (nSPS) is 18.0. The topological polar surface area (TPSA) is 130 Å². The van der Waals surface area contributed by atoms with Crippen LogP contribution in [0.4, 0.5) is 17.4 Å². The largest absolute Gasteiger partial charge is 0.466 e. The first-order valence-corrected chi connectivity index (χ1v) is 12.2. The summed E-state index contributed by atoms with van der Waals surface area (Å²) in [7, 11) is 0. The van der Waals surface area contributed by atoms with Gasteiger partial charge in [-0.3, -0.25) is 9.59 Å². The van der Waals surface area contributed by atoms with Crippen LogP contribution in [0.2, 0.25) is 0 Å². The van der Waals surface area contributed by atoms with Gasteiger partial charge in [-0.15, -0.1) is 5.10 Å². The molecule has 0 aliphatic heterocycles. The van der Waals surface area contributed by atoms with Crippen LogP contribution in [0.5, 0.6) is 0 Å². The zero-order valence-corrected chi connectivity index (χ0v) is 20.4. The molecule has 36 heavy (non-hydrogen) atoms. The number of carbonyl (C=O) groups is 2. The van der Waals surface area contributed by atoms with E-state index in [4.69, 9.17) is 14.4 Å². The molecule has 1 unspecified atom stereocenters. The summed E-state index contributed by atoms with van der Waals surface area (Å²) in [4.78, 5) is 24.6. The lowest BCUT2D eigenvalue weighted by Crippen LogP contribution is -2.26. The Labute approximate surface area is 209 Å². The van der Waals surface area contributed by atoms with Gasteiger partial charge in [0, 0.05) is 11.4 Å². The number of hydrogen-bond donors (Lipinski definition) is 2. The molecule has 0 spiro atoms. The van der Waals surface area contributed by atoms with Gasteiger partial charge >= 0.3 is 23.8 Å².